The number of ether oxygens (including phenoxy) is 1. The van der Waals surface area contributed by atoms with Gasteiger partial charge in [-0.25, -0.2) is 4.68 Å². The van der Waals surface area contributed by atoms with E-state index in [-0.39, 0.29) is 6.10 Å². The van der Waals surface area contributed by atoms with E-state index in [0.29, 0.717) is 0 Å². The van der Waals surface area contributed by atoms with Crippen molar-refractivity contribution in [2.24, 2.45) is 0 Å². The fraction of sp³-hybridized carbons (Fsp3) is 0.833. The Kier molecular flexibility index (Phi) is 2.97. The molecule has 1 unspecified atom stereocenters. The van der Waals surface area contributed by atoms with Gasteiger partial charge in [0.15, 0.2) is 0 Å². The molecule has 0 aliphatic heterocycles. The molecule has 0 saturated heterocycles. The molecule has 0 aliphatic carbocycles. The summed E-state index contributed by atoms with van der Waals surface area (Å²) in [5.74, 6) is 0. The lowest BCUT2D eigenvalue weighted by atomic mass is 10.3. The number of tetrazole rings is 1. The Morgan fingerprint density at radius 3 is 3.00 bits per heavy atom. The Morgan fingerprint density at radius 1 is 1.64 bits per heavy atom. The lowest BCUT2D eigenvalue weighted by Crippen LogP contribution is -2.10. The summed E-state index contributed by atoms with van der Waals surface area (Å²) >= 11 is 0. The van der Waals surface area contributed by atoms with Crippen molar-refractivity contribution in [3.05, 3.63) is 6.33 Å². The molecule has 0 bridgehead atoms. The van der Waals surface area contributed by atoms with Crippen LogP contribution in [-0.4, -0.2) is 33.4 Å². The molecule has 1 aromatic rings. The fourth-order valence-corrected chi connectivity index (χ4v) is 0.715. The monoisotopic (exact) mass is 156 g/mol. The zero-order chi connectivity index (χ0) is 8.10. The summed E-state index contributed by atoms with van der Waals surface area (Å²) in [6.45, 7) is 2.83. The van der Waals surface area contributed by atoms with Crippen molar-refractivity contribution in [1.29, 1.82) is 0 Å². The van der Waals surface area contributed by atoms with E-state index in [9.17, 15) is 0 Å². The Balaban J connectivity index is 2.23. The molecule has 0 N–H and O–H groups in total. The van der Waals surface area contributed by atoms with E-state index in [1.54, 1.807) is 18.1 Å². The van der Waals surface area contributed by atoms with Crippen molar-refractivity contribution < 1.29 is 4.74 Å². The number of hydrogen-bond donors (Lipinski definition) is 0. The Morgan fingerprint density at radius 2 is 2.45 bits per heavy atom. The lowest BCUT2D eigenvalue weighted by molar-refractivity contribution is 0.105. The van der Waals surface area contributed by atoms with E-state index in [2.05, 4.69) is 15.5 Å². The van der Waals surface area contributed by atoms with Crippen LogP contribution in [0.2, 0.25) is 0 Å². The summed E-state index contributed by atoms with van der Waals surface area (Å²) in [4.78, 5) is 0. The molecule has 1 atom stereocenters. The van der Waals surface area contributed by atoms with Gasteiger partial charge in [0, 0.05) is 13.7 Å². The van der Waals surface area contributed by atoms with Gasteiger partial charge in [0.25, 0.3) is 0 Å². The van der Waals surface area contributed by atoms with E-state index in [0.717, 1.165) is 13.0 Å². The van der Waals surface area contributed by atoms with Gasteiger partial charge < -0.3 is 4.74 Å². The Labute approximate surface area is 65.4 Å². The molecule has 0 radical (unpaired) electrons. The molecule has 5 heteroatoms. The van der Waals surface area contributed by atoms with E-state index in [1.165, 1.54) is 0 Å². The van der Waals surface area contributed by atoms with Crippen LogP contribution in [0.3, 0.4) is 0 Å². The predicted octanol–water partition coefficient (Wildman–Crippen LogP) is 0.0981. The van der Waals surface area contributed by atoms with Crippen molar-refractivity contribution in [2.75, 3.05) is 7.11 Å². The molecule has 0 fully saturated rings. The molecule has 0 saturated carbocycles. The van der Waals surface area contributed by atoms with Crippen LogP contribution in [0, 0.1) is 0 Å². The first-order valence-electron chi connectivity index (χ1n) is 3.56. The second-order valence-electron chi connectivity index (χ2n) is 2.41. The molecule has 0 aromatic carbocycles. The molecule has 1 aromatic heterocycles. The van der Waals surface area contributed by atoms with Crippen molar-refractivity contribution in [3.63, 3.8) is 0 Å². The number of rotatable bonds is 4. The topological polar surface area (TPSA) is 52.8 Å². The summed E-state index contributed by atoms with van der Waals surface area (Å²) < 4.78 is 6.76. The van der Waals surface area contributed by atoms with Gasteiger partial charge in [0.1, 0.15) is 6.33 Å². The summed E-state index contributed by atoms with van der Waals surface area (Å²) in [6.07, 6.45) is 2.79. The van der Waals surface area contributed by atoms with Gasteiger partial charge in [-0.1, -0.05) is 0 Å². The standard InChI is InChI=1S/C6H12N4O/c1-6(11-2)3-4-10-5-7-8-9-10/h5-6H,3-4H2,1-2H3. The first-order chi connectivity index (χ1) is 5.33. The lowest BCUT2D eigenvalue weighted by Gasteiger charge is -2.07. The molecule has 1 rings (SSSR count). The molecule has 62 valence electrons. The maximum atomic E-state index is 5.07. The molecule has 5 nitrogen and oxygen atoms in total. The second kappa shape index (κ2) is 4.02. The van der Waals surface area contributed by atoms with Crippen molar-refractivity contribution in [2.45, 2.75) is 26.0 Å². The van der Waals surface area contributed by atoms with E-state index in [1.807, 2.05) is 6.92 Å². The van der Waals surface area contributed by atoms with E-state index < -0.39 is 0 Å². The van der Waals surface area contributed by atoms with Crippen molar-refractivity contribution >= 4 is 0 Å². The van der Waals surface area contributed by atoms with Gasteiger partial charge in [-0.05, 0) is 23.8 Å². The minimum absolute atomic E-state index is 0.263. The number of hydrogen-bond acceptors (Lipinski definition) is 4. The van der Waals surface area contributed by atoms with Crippen LogP contribution in [0.15, 0.2) is 6.33 Å². The molecule has 0 spiro atoms. The quantitative estimate of drug-likeness (QED) is 0.620. The number of nitrogens with zero attached hydrogens (tertiary/aromatic N) is 4. The van der Waals surface area contributed by atoms with Crippen LogP contribution < -0.4 is 0 Å². The highest BCUT2D eigenvalue weighted by atomic mass is 16.5. The third-order valence-electron chi connectivity index (χ3n) is 1.56. The average Bonchev–Trinajstić information content (AvgIpc) is 2.52. The first kappa shape index (κ1) is 8.13. The summed E-state index contributed by atoms with van der Waals surface area (Å²) in [7, 11) is 1.70. The highest BCUT2D eigenvalue weighted by Gasteiger charge is 1.99. The van der Waals surface area contributed by atoms with Crippen LogP contribution in [0.25, 0.3) is 0 Å². The Hall–Kier alpha value is -0.970. The SMILES string of the molecule is COC(C)CCn1cnnn1. The third kappa shape index (κ3) is 2.63. The molecular weight excluding hydrogens is 144 g/mol. The zero-order valence-electron chi connectivity index (χ0n) is 6.77. The maximum Gasteiger partial charge on any atom is 0.138 e. The third-order valence-corrected chi connectivity index (χ3v) is 1.56. The van der Waals surface area contributed by atoms with Gasteiger partial charge in [0.2, 0.25) is 0 Å². The van der Waals surface area contributed by atoms with Crippen LogP contribution >= 0.6 is 0 Å². The molecular formula is C6H12N4O. The van der Waals surface area contributed by atoms with Crippen molar-refractivity contribution in [3.8, 4) is 0 Å². The summed E-state index contributed by atoms with van der Waals surface area (Å²) in [6, 6.07) is 0. The minimum atomic E-state index is 0.263. The summed E-state index contributed by atoms with van der Waals surface area (Å²) in [5.41, 5.74) is 0. The highest BCUT2D eigenvalue weighted by Crippen LogP contribution is 1.96. The largest absolute Gasteiger partial charge is 0.382 e. The van der Waals surface area contributed by atoms with Gasteiger partial charge in [-0.2, -0.15) is 0 Å². The number of aromatic nitrogens is 4. The normalized spacial score (nSPS) is 13.3. The smallest absolute Gasteiger partial charge is 0.138 e. The average molecular weight is 156 g/mol. The van der Waals surface area contributed by atoms with E-state index >= 15 is 0 Å². The van der Waals surface area contributed by atoms with Gasteiger partial charge in [-0.3, -0.25) is 0 Å². The van der Waals surface area contributed by atoms with E-state index in [4.69, 9.17) is 4.74 Å². The predicted molar refractivity (Wildman–Crippen MR) is 38.9 cm³/mol. The van der Waals surface area contributed by atoms with Crippen LogP contribution in [0.4, 0.5) is 0 Å². The second-order valence-corrected chi connectivity index (χ2v) is 2.41. The fourth-order valence-electron chi connectivity index (χ4n) is 0.715. The first-order valence-corrected chi connectivity index (χ1v) is 3.56. The van der Waals surface area contributed by atoms with Gasteiger partial charge in [0.05, 0.1) is 6.10 Å². The number of aryl methyl sites for hydroxylation is 1. The van der Waals surface area contributed by atoms with Crippen LogP contribution in [-0.2, 0) is 11.3 Å². The minimum Gasteiger partial charge on any atom is -0.382 e. The molecule has 0 aliphatic rings. The highest BCUT2D eigenvalue weighted by molar-refractivity contribution is 4.51. The molecule has 1 heterocycles. The number of methoxy groups -OCH3 is 1. The zero-order valence-corrected chi connectivity index (χ0v) is 6.77. The van der Waals surface area contributed by atoms with Gasteiger partial charge in [-0.15, -0.1) is 5.10 Å². The van der Waals surface area contributed by atoms with Crippen molar-refractivity contribution in [1.82, 2.24) is 20.2 Å². The van der Waals surface area contributed by atoms with Crippen LogP contribution in [0.5, 0.6) is 0 Å². The maximum absolute atomic E-state index is 5.07. The molecule has 11 heavy (non-hydrogen) atoms. The summed E-state index contributed by atoms with van der Waals surface area (Å²) in [5, 5.41) is 10.8. The Bertz CT molecular complexity index is 186. The van der Waals surface area contributed by atoms with Gasteiger partial charge >= 0.3 is 0 Å². The molecule has 0 amide bonds. The van der Waals surface area contributed by atoms with Crippen LogP contribution in [0.1, 0.15) is 13.3 Å².